The molecule has 0 radical (unpaired) electrons. The number of hydrogen-bond donors (Lipinski definition) is 1. The van der Waals surface area contributed by atoms with Crippen LogP contribution in [-0.2, 0) is 9.59 Å². The standard InChI is InChI=1S/C16H21NO4/c1-2-14(21-13-6-4-3-5-7-13)15(18)17-10-8-12(9-11-17)16(19)20/h3-7,12,14H,2,8-11H2,1H3,(H,19,20). The second-order valence-electron chi connectivity index (χ2n) is 5.27. The van der Waals surface area contributed by atoms with E-state index in [9.17, 15) is 9.59 Å². The van der Waals surface area contributed by atoms with Gasteiger partial charge in [-0.3, -0.25) is 9.59 Å². The van der Waals surface area contributed by atoms with Crippen molar-refractivity contribution in [2.45, 2.75) is 32.3 Å². The summed E-state index contributed by atoms with van der Waals surface area (Å²) in [6.45, 7) is 2.89. The maximum Gasteiger partial charge on any atom is 0.306 e. The Kier molecular flexibility index (Phi) is 5.20. The number of carbonyl (C=O) groups is 2. The topological polar surface area (TPSA) is 66.8 Å². The largest absolute Gasteiger partial charge is 0.481 e. The summed E-state index contributed by atoms with van der Waals surface area (Å²) >= 11 is 0. The van der Waals surface area contributed by atoms with E-state index in [-0.39, 0.29) is 11.8 Å². The Morgan fingerprint density at radius 3 is 2.43 bits per heavy atom. The van der Waals surface area contributed by atoms with E-state index in [1.807, 2.05) is 37.3 Å². The van der Waals surface area contributed by atoms with E-state index in [0.29, 0.717) is 38.1 Å². The number of carboxylic acids is 1. The third kappa shape index (κ3) is 3.97. The summed E-state index contributed by atoms with van der Waals surface area (Å²) < 4.78 is 5.75. The van der Waals surface area contributed by atoms with Crippen LogP contribution in [0.4, 0.5) is 0 Å². The van der Waals surface area contributed by atoms with Crippen molar-refractivity contribution in [2.24, 2.45) is 5.92 Å². The Morgan fingerprint density at radius 1 is 1.29 bits per heavy atom. The molecule has 0 spiro atoms. The summed E-state index contributed by atoms with van der Waals surface area (Å²) in [6.07, 6.45) is 1.12. The second kappa shape index (κ2) is 7.11. The first kappa shape index (κ1) is 15.4. The molecule has 114 valence electrons. The molecule has 1 N–H and O–H groups in total. The van der Waals surface area contributed by atoms with E-state index < -0.39 is 12.1 Å². The molecule has 0 saturated carbocycles. The molecule has 1 atom stereocenters. The predicted octanol–water partition coefficient (Wildman–Crippen LogP) is 2.17. The van der Waals surface area contributed by atoms with Crippen molar-refractivity contribution in [3.63, 3.8) is 0 Å². The molecule has 1 aliphatic rings. The van der Waals surface area contributed by atoms with Crippen molar-refractivity contribution in [1.82, 2.24) is 4.90 Å². The minimum Gasteiger partial charge on any atom is -0.481 e. The number of para-hydroxylation sites is 1. The summed E-state index contributed by atoms with van der Waals surface area (Å²) in [7, 11) is 0. The summed E-state index contributed by atoms with van der Waals surface area (Å²) in [4.78, 5) is 25.1. The van der Waals surface area contributed by atoms with Gasteiger partial charge >= 0.3 is 5.97 Å². The fraction of sp³-hybridized carbons (Fsp3) is 0.500. The zero-order chi connectivity index (χ0) is 15.2. The number of hydrogen-bond acceptors (Lipinski definition) is 3. The van der Waals surface area contributed by atoms with Gasteiger partial charge in [-0.05, 0) is 31.4 Å². The molecule has 1 aromatic rings. The van der Waals surface area contributed by atoms with Crippen molar-refractivity contribution in [3.8, 4) is 5.75 Å². The Morgan fingerprint density at radius 2 is 1.90 bits per heavy atom. The third-order valence-electron chi connectivity index (χ3n) is 3.82. The molecule has 5 heteroatoms. The van der Waals surface area contributed by atoms with Crippen molar-refractivity contribution in [2.75, 3.05) is 13.1 Å². The van der Waals surface area contributed by atoms with Crippen LogP contribution in [0.2, 0.25) is 0 Å². The van der Waals surface area contributed by atoms with E-state index in [4.69, 9.17) is 9.84 Å². The lowest BCUT2D eigenvalue weighted by atomic mass is 9.96. The van der Waals surface area contributed by atoms with Crippen LogP contribution in [0, 0.1) is 5.92 Å². The second-order valence-corrected chi connectivity index (χ2v) is 5.27. The molecule has 1 saturated heterocycles. The van der Waals surface area contributed by atoms with E-state index in [0.717, 1.165) is 0 Å². The lowest BCUT2D eigenvalue weighted by Crippen LogP contribution is -2.46. The van der Waals surface area contributed by atoms with Gasteiger partial charge in [-0.2, -0.15) is 0 Å². The lowest BCUT2D eigenvalue weighted by Gasteiger charge is -2.32. The average Bonchev–Trinajstić information content (AvgIpc) is 2.53. The Bertz CT molecular complexity index is 480. The van der Waals surface area contributed by atoms with Gasteiger partial charge in [0.05, 0.1) is 5.92 Å². The number of nitrogens with zero attached hydrogens (tertiary/aromatic N) is 1. The number of aliphatic carboxylic acids is 1. The number of rotatable bonds is 5. The quantitative estimate of drug-likeness (QED) is 0.903. The third-order valence-corrected chi connectivity index (χ3v) is 3.82. The molecule has 1 aliphatic heterocycles. The fourth-order valence-corrected chi connectivity index (χ4v) is 2.52. The molecule has 21 heavy (non-hydrogen) atoms. The predicted molar refractivity (Wildman–Crippen MR) is 78.1 cm³/mol. The van der Waals surface area contributed by atoms with Crippen molar-refractivity contribution >= 4 is 11.9 Å². The van der Waals surface area contributed by atoms with Crippen LogP contribution >= 0.6 is 0 Å². The van der Waals surface area contributed by atoms with Gasteiger partial charge in [0.25, 0.3) is 5.91 Å². The summed E-state index contributed by atoms with van der Waals surface area (Å²) in [5.41, 5.74) is 0. The molecule has 1 fully saturated rings. The highest BCUT2D eigenvalue weighted by Crippen LogP contribution is 2.20. The van der Waals surface area contributed by atoms with Crippen molar-refractivity contribution in [1.29, 1.82) is 0 Å². The number of benzene rings is 1. The van der Waals surface area contributed by atoms with Crippen LogP contribution < -0.4 is 4.74 Å². The highest BCUT2D eigenvalue weighted by Gasteiger charge is 2.30. The van der Waals surface area contributed by atoms with E-state index >= 15 is 0 Å². The first-order valence-electron chi connectivity index (χ1n) is 7.35. The Balaban J connectivity index is 1.93. The summed E-state index contributed by atoms with van der Waals surface area (Å²) in [5.74, 6) is -0.470. The normalized spacial score (nSPS) is 17.3. The molecule has 1 unspecified atom stereocenters. The molecule has 2 rings (SSSR count). The molecule has 1 amide bonds. The number of ether oxygens (including phenoxy) is 1. The number of carboxylic acid groups (broad SMARTS) is 1. The van der Waals surface area contributed by atoms with Crippen LogP contribution in [0.1, 0.15) is 26.2 Å². The van der Waals surface area contributed by atoms with Crippen LogP contribution in [0.25, 0.3) is 0 Å². The van der Waals surface area contributed by atoms with E-state index in [1.165, 1.54) is 0 Å². The number of amides is 1. The highest BCUT2D eigenvalue weighted by atomic mass is 16.5. The SMILES string of the molecule is CCC(Oc1ccccc1)C(=O)N1CCC(C(=O)O)CC1. The van der Waals surface area contributed by atoms with Crippen LogP contribution in [-0.4, -0.2) is 41.1 Å². The number of piperidine rings is 1. The van der Waals surface area contributed by atoms with Crippen molar-refractivity contribution < 1.29 is 19.4 Å². The van der Waals surface area contributed by atoms with Crippen molar-refractivity contribution in [3.05, 3.63) is 30.3 Å². The minimum absolute atomic E-state index is 0.0507. The number of carbonyl (C=O) groups excluding carboxylic acids is 1. The molecular weight excluding hydrogens is 270 g/mol. The minimum atomic E-state index is -0.769. The summed E-state index contributed by atoms with van der Waals surface area (Å²) in [5, 5.41) is 8.99. The highest BCUT2D eigenvalue weighted by molar-refractivity contribution is 5.81. The maximum absolute atomic E-state index is 12.5. The van der Waals surface area contributed by atoms with Gasteiger partial charge in [-0.15, -0.1) is 0 Å². The lowest BCUT2D eigenvalue weighted by molar-refractivity contribution is -0.147. The van der Waals surface area contributed by atoms with Gasteiger partial charge < -0.3 is 14.7 Å². The Hall–Kier alpha value is -2.04. The van der Waals surface area contributed by atoms with E-state index in [2.05, 4.69) is 0 Å². The summed E-state index contributed by atoms with van der Waals surface area (Å²) in [6, 6.07) is 9.28. The Labute approximate surface area is 124 Å². The zero-order valence-electron chi connectivity index (χ0n) is 12.2. The van der Waals surface area contributed by atoms with Gasteiger partial charge in [-0.25, -0.2) is 0 Å². The molecule has 1 heterocycles. The van der Waals surface area contributed by atoms with Gasteiger partial charge in [0, 0.05) is 13.1 Å². The van der Waals surface area contributed by atoms with Gasteiger partial charge in [-0.1, -0.05) is 25.1 Å². The monoisotopic (exact) mass is 291 g/mol. The molecule has 0 bridgehead atoms. The van der Waals surface area contributed by atoms with Gasteiger partial charge in [0.2, 0.25) is 0 Å². The molecule has 0 aliphatic carbocycles. The van der Waals surface area contributed by atoms with Crippen LogP contribution in [0.3, 0.4) is 0 Å². The fourth-order valence-electron chi connectivity index (χ4n) is 2.52. The smallest absolute Gasteiger partial charge is 0.306 e. The first-order valence-corrected chi connectivity index (χ1v) is 7.35. The number of likely N-dealkylation sites (tertiary alicyclic amines) is 1. The molecule has 0 aromatic heterocycles. The molecule has 1 aromatic carbocycles. The first-order chi connectivity index (χ1) is 10.1. The zero-order valence-corrected chi connectivity index (χ0v) is 12.2. The van der Waals surface area contributed by atoms with Gasteiger partial charge in [0.1, 0.15) is 5.75 Å². The van der Waals surface area contributed by atoms with E-state index in [1.54, 1.807) is 4.90 Å². The maximum atomic E-state index is 12.5. The van der Waals surface area contributed by atoms with Crippen LogP contribution in [0.15, 0.2) is 30.3 Å². The molecular formula is C16H21NO4. The van der Waals surface area contributed by atoms with Gasteiger partial charge in [0.15, 0.2) is 6.10 Å². The van der Waals surface area contributed by atoms with Crippen LogP contribution in [0.5, 0.6) is 5.75 Å². The average molecular weight is 291 g/mol. The molecule has 5 nitrogen and oxygen atoms in total.